The van der Waals surface area contributed by atoms with E-state index in [0.29, 0.717) is 13.2 Å². The number of hydrogen-bond acceptors (Lipinski definition) is 6. The summed E-state index contributed by atoms with van der Waals surface area (Å²) in [6.45, 7) is 1.04. The maximum Gasteiger partial charge on any atom is 0.242 e. The largest absolute Gasteiger partial charge is 0.385 e. The molecule has 1 heterocycles. The molecule has 0 aromatic carbocycles. The van der Waals surface area contributed by atoms with Crippen LogP contribution in [0.1, 0.15) is 19.3 Å². The number of nitrogens with zero attached hydrogens (tertiary/aromatic N) is 1. The molecule has 1 aromatic rings. The lowest BCUT2D eigenvalue weighted by atomic mass is 10.2. The van der Waals surface area contributed by atoms with E-state index in [1.54, 1.807) is 7.11 Å². The highest BCUT2D eigenvalue weighted by Crippen LogP contribution is 2.21. The molecule has 0 amide bonds. The van der Waals surface area contributed by atoms with Gasteiger partial charge in [-0.05, 0) is 25.3 Å². The van der Waals surface area contributed by atoms with Gasteiger partial charge in [-0.2, -0.15) is 0 Å². The maximum atomic E-state index is 12.0. The van der Waals surface area contributed by atoms with Crippen LogP contribution in [0, 0.1) is 0 Å². The van der Waals surface area contributed by atoms with E-state index in [9.17, 15) is 8.42 Å². The molecule has 0 aliphatic carbocycles. The molecule has 7 nitrogen and oxygen atoms in total. The number of aromatic nitrogens is 1. The van der Waals surface area contributed by atoms with Crippen LogP contribution in [0.2, 0.25) is 5.02 Å². The van der Waals surface area contributed by atoms with Crippen LogP contribution in [0.4, 0.5) is 5.82 Å². The fourth-order valence-electron chi connectivity index (χ4n) is 1.51. The Morgan fingerprint density at radius 3 is 2.75 bits per heavy atom. The number of ether oxygens (including phenoxy) is 1. The second-order valence-corrected chi connectivity index (χ2v) is 6.27. The Balaban J connectivity index is 2.54. The van der Waals surface area contributed by atoms with Crippen molar-refractivity contribution in [2.24, 2.45) is 5.84 Å². The average Bonchev–Trinajstić information content (AvgIpc) is 2.42. The molecule has 0 saturated carbocycles. The molecule has 4 N–H and O–H groups in total. The molecule has 0 fully saturated rings. The fourth-order valence-corrected chi connectivity index (χ4v) is 2.84. The van der Waals surface area contributed by atoms with Crippen molar-refractivity contribution in [2.75, 3.05) is 25.7 Å². The molecule has 0 saturated heterocycles. The molecule has 0 unspecified atom stereocenters. The van der Waals surface area contributed by atoms with Gasteiger partial charge in [-0.25, -0.2) is 24.0 Å². The number of methoxy groups -OCH3 is 1. The predicted molar refractivity (Wildman–Crippen MR) is 78.0 cm³/mol. The van der Waals surface area contributed by atoms with E-state index < -0.39 is 10.0 Å². The van der Waals surface area contributed by atoms with Crippen LogP contribution in [0.5, 0.6) is 0 Å². The molecular weight excluding hydrogens is 304 g/mol. The summed E-state index contributed by atoms with van der Waals surface area (Å²) in [5.74, 6) is 5.40. The Labute approximate surface area is 123 Å². The van der Waals surface area contributed by atoms with E-state index in [-0.39, 0.29) is 15.7 Å². The summed E-state index contributed by atoms with van der Waals surface area (Å²) in [6.07, 6.45) is 3.74. The monoisotopic (exact) mass is 322 g/mol. The molecule has 0 aliphatic heterocycles. The maximum absolute atomic E-state index is 12.0. The minimum atomic E-state index is -3.60. The third kappa shape index (κ3) is 5.22. The van der Waals surface area contributed by atoms with Crippen LogP contribution < -0.4 is 16.0 Å². The Kier molecular flexibility index (Phi) is 7.17. The van der Waals surface area contributed by atoms with Gasteiger partial charge in [0.1, 0.15) is 4.90 Å². The van der Waals surface area contributed by atoms with Gasteiger partial charge in [0.15, 0.2) is 5.82 Å². The molecule has 0 spiro atoms. The third-order valence-corrected chi connectivity index (χ3v) is 4.30. The third-order valence-electron chi connectivity index (χ3n) is 2.58. The van der Waals surface area contributed by atoms with Gasteiger partial charge in [0.05, 0.1) is 5.02 Å². The van der Waals surface area contributed by atoms with Crippen LogP contribution in [0.25, 0.3) is 0 Å². The van der Waals surface area contributed by atoms with E-state index in [4.69, 9.17) is 22.2 Å². The Bertz CT molecular complexity index is 524. The zero-order valence-corrected chi connectivity index (χ0v) is 12.8. The van der Waals surface area contributed by atoms with E-state index in [1.165, 1.54) is 12.3 Å². The van der Waals surface area contributed by atoms with Crippen molar-refractivity contribution in [1.82, 2.24) is 9.71 Å². The number of anilines is 1. The summed E-state index contributed by atoms with van der Waals surface area (Å²) < 4.78 is 31.4. The number of unbranched alkanes of at least 4 members (excludes halogenated alkanes) is 2. The molecule has 0 bridgehead atoms. The van der Waals surface area contributed by atoms with Crippen molar-refractivity contribution >= 4 is 27.4 Å². The van der Waals surface area contributed by atoms with Crippen LogP contribution in [0.15, 0.2) is 17.2 Å². The number of nitrogens with one attached hydrogen (secondary N) is 2. The van der Waals surface area contributed by atoms with Gasteiger partial charge >= 0.3 is 0 Å². The molecule has 20 heavy (non-hydrogen) atoms. The molecule has 1 rings (SSSR count). The Hall–Kier alpha value is -0.930. The van der Waals surface area contributed by atoms with Crippen molar-refractivity contribution in [1.29, 1.82) is 0 Å². The first kappa shape index (κ1) is 17.1. The molecule has 0 atom stereocenters. The quantitative estimate of drug-likeness (QED) is 0.357. The first-order valence-corrected chi connectivity index (χ1v) is 7.98. The second-order valence-electron chi connectivity index (χ2n) is 4.10. The van der Waals surface area contributed by atoms with Gasteiger partial charge < -0.3 is 10.2 Å². The molecular formula is C11H19ClN4O3S. The van der Waals surface area contributed by atoms with Gasteiger partial charge in [0.2, 0.25) is 10.0 Å². The molecule has 114 valence electrons. The van der Waals surface area contributed by atoms with Crippen LogP contribution in [0.3, 0.4) is 0 Å². The van der Waals surface area contributed by atoms with E-state index in [2.05, 4.69) is 15.1 Å². The first-order valence-electron chi connectivity index (χ1n) is 6.12. The van der Waals surface area contributed by atoms with E-state index >= 15 is 0 Å². The van der Waals surface area contributed by atoms with Gasteiger partial charge in [-0.3, -0.25) is 0 Å². The van der Waals surface area contributed by atoms with Crippen molar-refractivity contribution in [3.8, 4) is 0 Å². The van der Waals surface area contributed by atoms with Gasteiger partial charge in [0.25, 0.3) is 0 Å². The minimum Gasteiger partial charge on any atom is -0.385 e. The lowest BCUT2D eigenvalue weighted by Crippen LogP contribution is -2.25. The number of nitrogen functional groups attached to an aromatic ring is 1. The average molecular weight is 323 g/mol. The predicted octanol–water partition coefficient (Wildman–Crippen LogP) is 1.12. The molecule has 9 heteroatoms. The summed E-state index contributed by atoms with van der Waals surface area (Å²) in [6, 6.07) is 1.30. The van der Waals surface area contributed by atoms with Gasteiger partial charge in [-0.1, -0.05) is 11.6 Å². The molecule has 1 aromatic heterocycles. The summed E-state index contributed by atoms with van der Waals surface area (Å²) in [5.41, 5.74) is 2.28. The zero-order chi connectivity index (χ0) is 15.0. The summed E-state index contributed by atoms with van der Waals surface area (Å²) in [7, 11) is -1.96. The highest BCUT2D eigenvalue weighted by molar-refractivity contribution is 7.89. The zero-order valence-electron chi connectivity index (χ0n) is 11.2. The standard InChI is InChI=1S/C11H19ClN4O3S/c1-19-6-4-2-3-5-15-20(17,18)9-7-10(12)11(16-13)14-8-9/h7-8,15H,2-6,13H2,1H3,(H,14,16). The van der Waals surface area contributed by atoms with Crippen LogP contribution in [-0.4, -0.2) is 33.7 Å². The summed E-state index contributed by atoms with van der Waals surface area (Å²) >= 11 is 5.84. The number of hydrazine groups is 1. The smallest absolute Gasteiger partial charge is 0.242 e. The second kappa shape index (κ2) is 8.38. The normalized spacial score (nSPS) is 11.6. The number of nitrogens with two attached hydrogens (primary N) is 1. The summed E-state index contributed by atoms with van der Waals surface area (Å²) in [5, 5.41) is 0.149. The topological polar surface area (TPSA) is 106 Å². The number of rotatable bonds is 9. The van der Waals surface area contributed by atoms with Crippen LogP contribution >= 0.6 is 11.6 Å². The summed E-state index contributed by atoms with van der Waals surface area (Å²) in [4.78, 5) is 3.84. The Morgan fingerprint density at radius 1 is 1.40 bits per heavy atom. The number of sulfonamides is 1. The van der Waals surface area contributed by atoms with E-state index in [1.807, 2.05) is 0 Å². The lowest BCUT2D eigenvalue weighted by molar-refractivity contribution is 0.192. The molecule has 0 aliphatic rings. The lowest BCUT2D eigenvalue weighted by Gasteiger charge is -2.08. The Morgan fingerprint density at radius 2 is 2.15 bits per heavy atom. The highest BCUT2D eigenvalue weighted by Gasteiger charge is 2.15. The SMILES string of the molecule is COCCCCCNS(=O)(=O)c1cnc(NN)c(Cl)c1. The van der Waals surface area contributed by atoms with Crippen molar-refractivity contribution in [3.63, 3.8) is 0 Å². The van der Waals surface area contributed by atoms with Crippen molar-refractivity contribution in [3.05, 3.63) is 17.3 Å². The number of pyridine rings is 1. The van der Waals surface area contributed by atoms with Crippen LogP contribution in [-0.2, 0) is 14.8 Å². The number of hydrogen-bond donors (Lipinski definition) is 3. The highest BCUT2D eigenvalue weighted by atomic mass is 35.5. The van der Waals surface area contributed by atoms with Gasteiger partial charge in [-0.15, -0.1) is 0 Å². The number of halogens is 1. The first-order chi connectivity index (χ1) is 9.51. The van der Waals surface area contributed by atoms with E-state index in [0.717, 1.165) is 19.3 Å². The minimum absolute atomic E-state index is 0.0124. The van der Waals surface area contributed by atoms with Crippen molar-refractivity contribution in [2.45, 2.75) is 24.2 Å². The fraction of sp³-hybridized carbons (Fsp3) is 0.545. The van der Waals surface area contributed by atoms with Gasteiger partial charge in [0, 0.05) is 26.5 Å². The molecule has 0 radical (unpaired) electrons. The van der Waals surface area contributed by atoms with Crippen molar-refractivity contribution < 1.29 is 13.2 Å².